The summed E-state index contributed by atoms with van der Waals surface area (Å²) in [6.07, 6.45) is 3.81. The van der Waals surface area contributed by atoms with Crippen molar-refractivity contribution in [2.45, 2.75) is 6.42 Å². The Balaban J connectivity index is 1.29. The number of aromatic nitrogens is 2. The SMILES string of the molecule is O=C(CN1CCC(CO)(C(=O)O)C1)N1CCN(c2ccc(-c3ncccn3)cc2)CC1. The van der Waals surface area contributed by atoms with Crippen LogP contribution in [0.2, 0.25) is 0 Å². The molecular weight excluding hydrogens is 398 g/mol. The van der Waals surface area contributed by atoms with Crippen molar-refractivity contribution >= 4 is 17.6 Å². The molecule has 2 aromatic rings. The number of aliphatic hydroxyl groups is 1. The van der Waals surface area contributed by atoms with Crippen LogP contribution in [0, 0.1) is 5.41 Å². The highest BCUT2D eigenvalue weighted by Gasteiger charge is 2.45. The lowest BCUT2D eigenvalue weighted by Gasteiger charge is -2.37. The molecule has 2 fully saturated rings. The fourth-order valence-corrected chi connectivity index (χ4v) is 4.24. The number of nitrogens with zero attached hydrogens (tertiary/aromatic N) is 5. The second kappa shape index (κ2) is 8.99. The Labute approximate surface area is 180 Å². The zero-order valence-electron chi connectivity index (χ0n) is 17.4. The minimum atomic E-state index is -1.14. The fraction of sp³-hybridized carbons (Fsp3) is 0.455. The number of aliphatic carboxylic acids is 1. The number of carboxylic acid groups (broad SMARTS) is 1. The second-order valence-corrected chi connectivity index (χ2v) is 8.19. The van der Waals surface area contributed by atoms with E-state index in [9.17, 15) is 19.8 Å². The number of carbonyl (C=O) groups excluding carboxylic acids is 1. The summed E-state index contributed by atoms with van der Waals surface area (Å²) in [5, 5.41) is 18.9. The number of likely N-dealkylation sites (tertiary alicyclic amines) is 1. The van der Waals surface area contributed by atoms with Crippen LogP contribution in [0.25, 0.3) is 11.4 Å². The second-order valence-electron chi connectivity index (χ2n) is 8.19. The van der Waals surface area contributed by atoms with Crippen LogP contribution in [0.4, 0.5) is 5.69 Å². The van der Waals surface area contributed by atoms with Crippen LogP contribution in [0.1, 0.15) is 6.42 Å². The molecule has 4 rings (SSSR count). The first-order chi connectivity index (χ1) is 15.0. The number of benzene rings is 1. The average molecular weight is 425 g/mol. The van der Waals surface area contributed by atoms with Crippen LogP contribution >= 0.6 is 0 Å². The molecule has 2 saturated heterocycles. The third-order valence-corrected chi connectivity index (χ3v) is 6.24. The molecule has 0 aliphatic carbocycles. The summed E-state index contributed by atoms with van der Waals surface area (Å²) in [6.45, 7) is 3.24. The maximum absolute atomic E-state index is 12.7. The lowest BCUT2D eigenvalue weighted by Crippen LogP contribution is -2.51. The molecule has 2 aliphatic heterocycles. The number of carboxylic acids is 1. The Kier molecular flexibility index (Phi) is 6.15. The van der Waals surface area contributed by atoms with Gasteiger partial charge in [-0.15, -0.1) is 0 Å². The van der Waals surface area contributed by atoms with Crippen molar-refractivity contribution in [1.82, 2.24) is 19.8 Å². The van der Waals surface area contributed by atoms with E-state index in [1.54, 1.807) is 18.5 Å². The van der Waals surface area contributed by atoms with E-state index in [1.807, 2.05) is 34.1 Å². The van der Waals surface area contributed by atoms with Crippen LogP contribution in [-0.2, 0) is 9.59 Å². The number of carbonyl (C=O) groups is 2. The Morgan fingerprint density at radius 2 is 1.68 bits per heavy atom. The van der Waals surface area contributed by atoms with Crippen molar-refractivity contribution in [3.8, 4) is 11.4 Å². The van der Waals surface area contributed by atoms with E-state index in [1.165, 1.54) is 0 Å². The normalized spacial score (nSPS) is 22.0. The first-order valence-electron chi connectivity index (χ1n) is 10.5. The van der Waals surface area contributed by atoms with Crippen molar-refractivity contribution in [3.05, 3.63) is 42.7 Å². The molecule has 1 atom stereocenters. The molecule has 1 unspecified atom stereocenters. The largest absolute Gasteiger partial charge is 0.481 e. The summed E-state index contributed by atoms with van der Waals surface area (Å²) in [6, 6.07) is 9.90. The Morgan fingerprint density at radius 3 is 2.26 bits per heavy atom. The molecule has 164 valence electrons. The zero-order chi connectivity index (χ0) is 21.8. The molecule has 3 heterocycles. The van der Waals surface area contributed by atoms with Gasteiger partial charge in [0.2, 0.25) is 5.91 Å². The quantitative estimate of drug-likeness (QED) is 0.691. The van der Waals surface area contributed by atoms with E-state index in [-0.39, 0.29) is 19.0 Å². The Morgan fingerprint density at radius 1 is 1.00 bits per heavy atom. The van der Waals surface area contributed by atoms with Gasteiger partial charge in [0, 0.05) is 56.4 Å². The van der Waals surface area contributed by atoms with Gasteiger partial charge in [0.05, 0.1) is 13.2 Å². The van der Waals surface area contributed by atoms with Crippen LogP contribution in [0.3, 0.4) is 0 Å². The zero-order valence-corrected chi connectivity index (χ0v) is 17.4. The summed E-state index contributed by atoms with van der Waals surface area (Å²) in [5.74, 6) is -0.293. The number of aliphatic hydroxyl groups excluding tert-OH is 1. The van der Waals surface area contributed by atoms with Crippen LogP contribution in [0.5, 0.6) is 0 Å². The van der Waals surface area contributed by atoms with Crippen molar-refractivity contribution in [1.29, 1.82) is 0 Å². The molecule has 9 heteroatoms. The summed E-state index contributed by atoms with van der Waals surface area (Å²) < 4.78 is 0. The number of amides is 1. The molecule has 31 heavy (non-hydrogen) atoms. The topological polar surface area (TPSA) is 110 Å². The number of rotatable bonds is 6. The average Bonchev–Trinajstić information content (AvgIpc) is 3.24. The van der Waals surface area contributed by atoms with Crippen molar-refractivity contribution in [2.24, 2.45) is 5.41 Å². The van der Waals surface area contributed by atoms with E-state index in [4.69, 9.17) is 0 Å². The predicted molar refractivity (Wildman–Crippen MR) is 114 cm³/mol. The van der Waals surface area contributed by atoms with Gasteiger partial charge in [-0.2, -0.15) is 0 Å². The molecule has 0 saturated carbocycles. The number of anilines is 1. The van der Waals surface area contributed by atoms with Gasteiger partial charge < -0.3 is 20.0 Å². The van der Waals surface area contributed by atoms with Crippen molar-refractivity contribution < 1.29 is 19.8 Å². The number of hydrogen-bond donors (Lipinski definition) is 2. The van der Waals surface area contributed by atoms with Gasteiger partial charge >= 0.3 is 5.97 Å². The van der Waals surface area contributed by atoms with Crippen LogP contribution < -0.4 is 4.90 Å². The number of piperazine rings is 1. The van der Waals surface area contributed by atoms with Crippen LogP contribution in [-0.4, -0.2) is 94.3 Å². The predicted octanol–water partition coefficient (Wildman–Crippen LogP) is 0.561. The minimum absolute atomic E-state index is 0.00959. The summed E-state index contributed by atoms with van der Waals surface area (Å²) in [7, 11) is 0. The van der Waals surface area contributed by atoms with E-state index in [2.05, 4.69) is 14.9 Å². The maximum atomic E-state index is 12.7. The number of hydrogen-bond acceptors (Lipinski definition) is 7. The van der Waals surface area contributed by atoms with Gasteiger partial charge in [-0.3, -0.25) is 14.5 Å². The minimum Gasteiger partial charge on any atom is -0.481 e. The summed E-state index contributed by atoms with van der Waals surface area (Å²) >= 11 is 0. The van der Waals surface area contributed by atoms with Gasteiger partial charge in [0.25, 0.3) is 0 Å². The Hall–Kier alpha value is -3.04. The first kappa shape index (κ1) is 21.2. The standard InChI is InChI=1S/C22H27N5O4/c28-16-22(21(30)31)6-9-25(15-22)14-19(29)27-12-10-26(11-13-27)18-4-2-17(3-5-18)20-23-7-1-8-24-20/h1-5,7-8,28H,6,9-16H2,(H,30,31). The molecular formula is C22H27N5O4. The molecule has 2 aliphatic rings. The third kappa shape index (κ3) is 4.52. The highest BCUT2D eigenvalue weighted by molar-refractivity contribution is 5.79. The highest BCUT2D eigenvalue weighted by atomic mass is 16.4. The van der Waals surface area contributed by atoms with Gasteiger partial charge in [-0.1, -0.05) is 0 Å². The summed E-state index contributed by atoms with van der Waals surface area (Å²) in [4.78, 5) is 38.6. The molecule has 0 bridgehead atoms. The van der Waals surface area contributed by atoms with Crippen LogP contribution in [0.15, 0.2) is 42.7 Å². The van der Waals surface area contributed by atoms with Gasteiger partial charge in [0.15, 0.2) is 5.82 Å². The van der Waals surface area contributed by atoms with Crippen molar-refractivity contribution in [3.63, 3.8) is 0 Å². The van der Waals surface area contributed by atoms with Gasteiger partial charge in [-0.25, -0.2) is 9.97 Å². The molecule has 2 N–H and O–H groups in total. The fourth-order valence-electron chi connectivity index (χ4n) is 4.24. The van der Waals surface area contributed by atoms with E-state index in [0.29, 0.717) is 31.9 Å². The van der Waals surface area contributed by atoms with E-state index < -0.39 is 18.0 Å². The molecule has 1 aromatic carbocycles. The molecule has 9 nitrogen and oxygen atoms in total. The van der Waals surface area contributed by atoms with Crippen molar-refractivity contribution in [2.75, 3.05) is 57.3 Å². The summed E-state index contributed by atoms with van der Waals surface area (Å²) in [5.41, 5.74) is 0.917. The van der Waals surface area contributed by atoms with Gasteiger partial charge in [0.1, 0.15) is 5.41 Å². The Bertz CT molecular complexity index is 915. The highest BCUT2D eigenvalue weighted by Crippen LogP contribution is 2.30. The smallest absolute Gasteiger partial charge is 0.313 e. The lowest BCUT2D eigenvalue weighted by atomic mass is 9.88. The molecule has 0 spiro atoms. The molecule has 1 aromatic heterocycles. The maximum Gasteiger partial charge on any atom is 0.313 e. The van der Waals surface area contributed by atoms with E-state index in [0.717, 1.165) is 24.3 Å². The van der Waals surface area contributed by atoms with E-state index >= 15 is 0 Å². The monoisotopic (exact) mass is 425 g/mol. The third-order valence-electron chi connectivity index (χ3n) is 6.24. The molecule has 1 amide bonds. The molecule has 0 radical (unpaired) electrons. The first-order valence-corrected chi connectivity index (χ1v) is 10.5. The van der Waals surface area contributed by atoms with Gasteiger partial charge in [-0.05, 0) is 43.3 Å². The lowest BCUT2D eigenvalue weighted by molar-refractivity contribution is -0.151.